The third kappa shape index (κ3) is 3.60. The minimum Gasteiger partial charge on any atom is -0.479 e. The highest BCUT2D eigenvalue weighted by atomic mass is 16.4. The molecule has 0 aromatic carbocycles. The summed E-state index contributed by atoms with van der Waals surface area (Å²) in [7, 11) is 0. The molecule has 1 aliphatic carbocycles. The van der Waals surface area contributed by atoms with Crippen molar-refractivity contribution in [3.05, 3.63) is 0 Å². The van der Waals surface area contributed by atoms with Gasteiger partial charge in [0.15, 0.2) is 5.60 Å². The Labute approximate surface area is 107 Å². The Morgan fingerprint density at radius 3 is 2.39 bits per heavy atom. The van der Waals surface area contributed by atoms with Gasteiger partial charge in [0.2, 0.25) is 0 Å². The van der Waals surface area contributed by atoms with Gasteiger partial charge in [-0.3, -0.25) is 0 Å². The molecule has 0 aliphatic heterocycles. The number of carboxylic acids is 1. The Bertz CT molecular complexity index is 330. The van der Waals surface area contributed by atoms with Crippen LogP contribution in [0.3, 0.4) is 0 Å². The van der Waals surface area contributed by atoms with E-state index in [-0.39, 0.29) is 12.6 Å². The fraction of sp³-hybridized carbons (Fsp3) is 0.833. The second-order valence-electron chi connectivity index (χ2n) is 5.43. The smallest absolute Gasteiger partial charge is 0.337 e. The van der Waals surface area contributed by atoms with Gasteiger partial charge >= 0.3 is 12.0 Å². The highest BCUT2D eigenvalue weighted by molar-refractivity contribution is 5.79. The molecule has 6 nitrogen and oxygen atoms in total. The minimum absolute atomic E-state index is 0.120. The van der Waals surface area contributed by atoms with Crippen LogP contribution in [0.1, 0.15) is 33.6 Å². The molecule has 0 heterocycles. The number of aliphatic hydroxyl groups is 1. The van der Waals surface area contributed by atoms with E-state index in [1.54, 1.807) is 0 Å². The zero-order valence-electron chi connectivity index (χ0n) is 11.1. The molecular formula is C12H22N2O4. The van der Waals surface area contributed by atoms with Gasteiger partial charge in [-0.1, -0.05) is 13.8 Å². The average molecular weight is 258 g/mol. The maximum Gasteiger partial charge on any atom is 0.337 e. The Hall–Kier alpha value is -1.30. The number of aliphatic carboxylic acids is 1. The van der Waals surface area contributed by atoms with E-state index in [9.17, 15) is 14.7 Å². The summed E-state index contributed by atoms with van der Waals surface area (Å²) in [6, 6.07) is -0.308. The quantitative estimate of drug-likeness (QED) is 0.592. The van der Waals surface area contributed by atoms with Crippen molar-refractivity contribution in [3.8, 4) is 0 Å². The summed E-state index contributed by atoms with van der Waals surface area (Å²) >= 11 is 0. The number of hydrogen-bond donors (Lipinski definition) is 4. The molecule has 0 aromatic heterocycles. The lowest BCUT2D eigenvalue weighted by atomic mass is 9.98. The first-order chi connectivity index (χ1) is 8.24. The summed E-state index contributed by atoms with van der Waals surface area (Å²) in [4.78, 5) is 22.2. The molecule has 4 atom stereocenters. The molecule has 18 heavy (non-hydrogen) atoms. The zero-order valence-corrected chi connectivity index (χ0v) is 11.1. The normalized spacial score (nSPS) is 30.6. The van der Waals surface area contributed by atoms with Crippen molar-refractivity contribution < 1.29 is 19.8 Å². The van der Waals surface area contributed by atoms with E-state index >= 15 is 0 Å². The van der Waals surface area contributed by atoms with E-state index in [0.29, 0.717) is 11.8 Å². The van der Waals surface area contributed by atoms with Crippen molar-refractivity contribution in [2.45, 2.75) is 45.3 Å². The van der Waals surface area contributed by atoms with Crippen LogP contribution in [-0.2, 0) is 4.79 Å². The van der Waals surface area contributed by atoms with Gasteiger partial charge in [-0.2, -0.15) is 0 Å². The van der Waals surface area contributed by atoms with Gasteiger partial charge in [-0.05, 0) is 31.6 Å². The fourth-order valence-electron chi connectivity index (χ4n) is 2.12. The Morgan fingerprint density at radius 2 is 1.94 bits per heavy atom. The standard InChI is InChI=1S/C12H22N2O4/c1-7-4-5-9(8(7)2)14-11(17)13-6-12(3,18)10(15)16/h7-9,18H,4-6H2,1-3H3,(H,15,16)(H2,13,14,17). The number of carbonyl (C=O) groups is 2. The van der Waals surface area contributed by atoms with Crippen molar-refractivity contribution in [2.24, 2.45) is 11.8 Å². The first-order valence-electron chi connectivity index (χ1n) is 6.24. The van der Waals surface area contributed by atoms with Crippen molar-refractivity contribution >= 4 is 12.0 Å². The molecule has 0 radical (unpaired) electrons. The van der Waals surface area contributed by atoms with Gasteiger partial charge in [0.25, 0.3) is 0 Å². The molecule has 6 heteroatoms. The summed E-state index contributed by atoms with van der Waals surface area (Å²) in [5.41, 5.74) is -1.94. The van der Waals surface area contributed by atoms with Crippen molar-refractivity contribution in [2.75, 3.05) is 6.54 Å². The summed E-state index contributed by atoms with van der Waals surface area (Å²) < 4.78 is 0. The molecule has 1 fully saturated rings. The number of urea groups is 1. The molecule has 2 amide bonds. The van der Waals surface area contributed by atoms with E-state index in [0.717, 1.165) is 19.8 Å². The lowest BCUT2D eigenvalue weighted by molar-refractivity contribution is -0.155. The first kappa shape index (κ1) is 14.8. The predicted molar refractivity (Wildman–Crippen MR) is 66.1 cm³/mol. The second-order valence-corrected chi connectivity index (χ2v) is 5.43. The highest BCUT2D eigenvalue weighted by Crippen LogP contribution is 2.30. The molecule has 0 aromatic rings. The summed E-state index contributed by atoms with van der Waals surface area (Å²) in [5.74, 6) is -0.362. The number of hydrogen-bond acceptors (Lipinski definition) is 3. The third-order valence-electron chi connectivity index (χ3n) is 3.84. The Kier molecular flexibility index (Phi) is 4.56. The maximum absolute atomic E-state index is 11.6. The lowest BCUT2D eigenvalue weighted by Gasteiger charge is -2.22. The van der Waals surface area contributed by atoms with Gasteiger partial charge in [0, 0.05) is 6.04 Å². The predicted octanol–water partition coefficient (Wildman–Crippen LogP) is 0.556. The van der Waals surface area contributed by atoms with Gasteiger partial charge in [-0.15, -0.1) is 0 Å². The lowest BCUT2D eigenvalue weighted by Crippen LogP contribution is -2.51. The SMILES string of the molecule is CC1CCC(NC(=O)NCC(C)(O)C(=O)O)C1C. The molecule has 0 spiro atoms. The molecule has 0 bridgehead atoms. The summed E-state index contributed by atoms with van der Waals surface area (Å²) in [6.07, 6.45) is 2.02. The number of amides is 2. The zero-order chi connectivity index (χ0) is 13.9. The van der Waals surface area contributed by atoms with Crippen LogP contribution in [-0.4, -0.2) is 40.4 Å². The topological polar surface area (TPSA) is 98.7 Å². The van der Waals surface area contributed by atoms with Crippen LogP contribution in [0.2, 0.25) is 0 Å². The van der Waals surface area contributed by atoms with Crippen molar-refractivity contribution in [3.63, 3.8) is 0 Å². The highest BCUT2D eigenvalue weighted by Gasteiger charge is 2.33. The fourth-order valence-corrected chi connectivity index (χ4v) is 2.12. The number of carbonyl (C=O) groups excluding carboxylic acids is 1. The largest absolute Gasteiger partial charge is 0.479 e. The van der Waals surface area contributed by atoms with E-state index in [1.165, 1.54) is 0 Å². The maximum atomic E-state index is 11.6. The van der Waals surface area contributed by atoms with Gasteiger partial charge in [0.1, 0.15) is 0 Å². The van der Waals surface area contributed by atoms with E-state index in [1.807, 2.05) is 0 Å². The van der Waals surface area contributed by atoms with Gasteiger partial charge < -0.3 is 20.8 Å². The molecule has 1 aliphatic rings. The first-order valence-corrected chi connectivity index (χ1v) is 6.24. The second kappa shape index (κ2) is 5.56. The van der Waals surface area contributed by atoms with Crippen LogP contribution in [0.15, 0.2) is 0 Å². The molecule has 4 unspecified atom stereocenters. The van der Waals surface area contributed by atoms with Crippen molar-refractivity contribution in [1.29, 1.82) is 0 Å². The van der Waals surface area contributed by atoms with Gasteiger partial charge in [0.05, 0.1) is 6.54 Å². The molecule has 0 saturated heterocycles. The Balaban J connectivity index is 2.37. The van der Waals surface area contributed by atoms with Crippen LogP contribution < -0.4 is 10.6 Å². The average Bonchev–Trinajstić information content (AvgIpc) is 2.58. The molecular weight excluding hydrogens is 236 g/mol. The molecule has 104 valence electrons. The van der Waals surface area contributed by atoms with E-state index < -0.39 is 17.6 Å². The van der Waals surface area contributed by atoms with Crippen LogP contribution >= 0.6 is 0 Å². The number of carboxylic acid groups (broad SMARTS) is 1. The van der Waals surface area contributed by atoms with Crippen LogP contribution in [0.5, 0.6) is 0 Å². The molecule has 1 saturated carbocycles. The summed E-state index contributed by atoms with van der Waals surface area (Å²) in [5, 5.41) is 23.3. The molecule has 1 rings (SSSR count). The van der Waals surface area contributed by atoms with Gasteiger partial charge in [-0.25, -0.2) is 9.59 Å². The number of nitrogens with one attached hydrogen (secondary N) is 2. The third-order valence-corrected chi connectivity index (χ3v) is 3.84. The van der Waals surface area contributed by atoms with E-state index in [2.05, 4.69) is 24.5 Å². The number of rotatable bonds is 4. The van der Waals surface area contributed by atoms with Crippen LogP contribution in [0, 0.1) is 11.8 Å². The van der Waals surface area contributed by atoms with Crippen LogP contribution in [0.4, 0.5) is 4.79 Å². The Morgan fingerprint density at radius 1 is 1.33 bits per heavy atom. The van der Waals surface area contributed by atoms with Crippen LogP contribution in [0.25, 0.3) is 0 Å². The summed E-state index contributed by atoms with van der Waals surface area (Å²) in [6.45, 7) is 5.08. The van der Waals surface area contributed by atoms with E-state index in [4.69, 9.17) is 5.11 Å². The monoisotopic (exact) mass is 258 g/mol. The minimum atomic E-state index is -1.94. The van der Waals surface area contributed by atoms with Crippen molar-refractivity contribution in [1.82, 2.24) is 10.6 Å². The molecule has 4 N–H and O–H groups in total.